The monoisotopic (exact) mass is 715 g/mol. The van der Waals surface area contributed by atoms with Crippen molar-refractivity contribution in [1.29, 1.82) is 0 Å². The van der Waals surface area contributed by atoms with E-state index in [0.29, 0.717) is 0 Å². The van der Waals surface area contributed by atoms with Crippen LogP contribution >= 0.6 is 0 Å². The van der Waals surface area contributed by atoms with Crippen LogP contribution in [0.4, 0.5) is 0 Å². The maximum absolute atomic E-state index is 11.3. The largest absolute Gasteiger partial charge is 0.506 e. The SMILES string of the molecule is CC(C)(C)c1cc(-c2nc3c(cc2C(C)(C)C)c2cc(C(C)(C)C)ccc2n3-c2ccccc2O)cc([Si](C)(C)c2cc(-c3ccccc3)ccn2)c1. The molecular weight excluding hydrogens is 663 g/mol. The Morgan fingerprint density at radius 1 is 0.585 bits per heavy atom. The molecule has 0 aliphatic heterocycles. The van der Waals surface area contributed by atoms with Gasteiger partial charge in [-0.1, -0.05) is 141 Å². The van der Waals surface area contributed by atoms with E-state index in [2.05, 4.69) is 165 Å². The summed E-state index contributed by atoms with van der Waals surface area (Å²) in [5, 5.41) is 16.0. The van der Waals surface area contributed by atoms with Gasteiger partial charge in [0, 0.05) is 27.8 Å². The van der Waals surface area contributed by atoms with Crippen molar-refractivity contribution < 1.29 is 5.11 Å². The minimum absolute atomic E-state index is 0.0202. The first kappa shape index (κ1) is 36.4. The molecule has 270 valence electrons. The predicted molar refractivity (Wildman–Crippen MR) is 228 cm³/mol. The van der Waals surface area contributed by atoms with Crippen molar-refractivity contribution in [2.24, 2.45) is 0 Å². The van der Waals surface area contributed by atoms with E-state index >= 15 is 0 Å². The fraction of sp³-hybridized carbons (Fsp3) is 0.292. The number of aromatic nitrogens is 3. The first-order valence-corrected chi connectivity index (χ1v) is 21.8. The van der Waals surface area contributed by atoms with Crippen molar-refractivity contribution in [1.82, 2.24) is 14.5 Å². The molecule has 0 aliphatic carbocycles. The van der Waals surface area contributed by atoms with E-state index in [1.807, 2.05) is 24.4 Å². The average Bonchev–Trinajstić information content (AvgIpc) is 3.43. The number of hydrogen-bond donors (Lipinski definition) is 1. The van der Waals surface area contributed by atoms with E-state index in [-0.39, 0.29) is 22.0 Å². The normalized spacial score (nSPS) is 12.9. The van der Waals surface area contributed by atoms with Gasteiger partial charge in [-0.25, -0.2) is 4.98 Å². The van der Waals surface area contributed by atoms with E-state index in [0.717, 1.165) is 44.2 Å². The van der Waals surface area contributed by atoms with Gasteiger partial charge >= 0.3 is 0 Å². The Kier molecular flexibility index (Phi) is 8.81. The third-order valence-electron chi connectivity index (χ3n) is 10.8. The number of phenolic OH excluding ortho intramolecular Hbond substituents is 1. The van der Waals surface area contributed by atoms with Crippen LogP contribution in [0.3, 0.4) is 0 Å². The second-order valence-electron chi connectivity index (χ2n) is 18.3. The summed E-state index contributed by atoms with van der Waals surface area (Å²) in [4.78, 5) is 10.7. The summed E-state index contributed by atoms with van der Waals surface area (Å²) < 4.78 is 2.15. The standard InChI is InChI=1S/C48H53N3OSi/c1-46(2,3)34-21-22-40-37(29-34)38-30-39(48(7,8)9)44(50-45(38)51(40)41-19-15-16-20-42(41)52)33-25-35(47(4,5)6)28-36(26-33)53(10,11)43-27-32(23-24-49-43)31-17-13-12-14-18-31/h12-30,52H,1-11H3. The number of aromatic hydroxyl groups is 1. The number of para-hydroxylation sites is 2. The molecule has 3 heterocycles. The summed E-state index contributed by atoms with van der Waals surface area (Å²) in [5.74, 6) is 0.226. The summed E-state index contributed by atoms with van der Waals surface area (Å²) in [6, 6.07) is 38.9. The van der Waals surface area contributed by atoms with Crippen molar-refractivity contribution in [2.45, 2.75) is 91.7 Å². The first-order chi connectivity index (χ1) is 24.8. The van der Waals surface area contributed by atoms with Crippen molar-refractivity contribution in [2.75, 3.05) is 0 Å². The zero-order chi connectivity index (χ0) is 38.1. The number of pyridine rings is 2. The molecule has 0 unspecified atom stereocenters. The predicted octanol–water partition coefficient (Wildman–Crippen LogP) is 11.3. The zero-order valence-corrected chi connectivity index (χ0v) is 34.3. The fourth-order valence-corrected chi connectivity index (χ4v) is 9.62. The molecule has 0 atom stereocenters. The molecule has 7 rings (SSSR count). The van der Waals surface area contributed by atoms with Crippen molar-refractivity contribution in [3.8, 4) is 33.8 Å². The number of hydrogen-bond acceptors (Lipinski definition) is 3. The topological polar surface area (TPSA) is 50.9 Å². The molecule has 7 aromatic rings. The Bertz CT molecular complexity index is 2490. The summed E-state index contributed by atoms with van der Waals surface area (Å²) in [6.07, 6.45) is 1.97. The molecule has 4 nitrogen and oxygen atoms in total. The Balaban J connectivity index is 1.53. The van der Waals surface area contributed by atoms with Gasteiger partial charge in [0.1, 0.15) is 19.5 Å². The molecule has 53 heavy (non-hydrogen) atoms. The molecule has 0 amide bonds. The number of nitrogens with zero attached hydrogens (tertiary/aromatic N) is 3. The Labute approximate surface area is 316 Å². The minimum Gasteiger partial charge on any atom is -0.506 e. The summed E-state index contributed by atoms with van der Waals surface area (Å²) in [6.45, 7) is 25.3. The maximum atomic E-state index is 11.3. The molecule has 0 aliphatic rings. The van der Waals surface area contributed by atoms with E-state index in [1.165, 1.54) is 33.0 Å². The van der Waals surface area contributed by atoms with Crippen LogP contribution in [-0.4, -0.2) is 27.7 Å². The van der Waals surface area contributed by atoms with E-state index < -0.39 is 8.07 Å². The van der Waals surface area contributed by atoms with Gasteiger partial charge < -0.3 is 5.11 Å². The van der Waals surface area contributed by atoms with Gasteiger partial charge in [-0.15, -0.1) is 0 Å². The minimum atomic E-state index is -2.31. The van der Waals surface area contributed by atoms with Crippen LogP contribution in [0.1, 0.15) is 79.0 Å². The van der Waals surface area contributed by atoms with Crippen LogP contribution in [0, 0.1) is 0 Å². The summed E-state index contributed by atoms with van der Waals surface area (Å²) >= 11 is 0. The molecular formula is C48H53N3OSi. The van der Waals surface area contributed by atoms with E-state index in [4.69, 9.17) is 9.97 Å². The van der Waals surface area contributed by atoms with Gasteiger partial charge in [0.15, 0.2) is 0 Å². The van der Waals surface area contributed by atoms with Gasteiger partial charge in [-0.2, -0.15) is 0 Å². The molecule has 0 radical (unpaired) electrons. The molecule has 5 heteroatoms. The highest BCUT2D eigenvalue weighted by Gasteiger charge is 2.32. The Morgan fingerprint density at radius 3 is 1.92 bits per heavy atom. The van der Waals surface area contributed by atoms with Crippen LogP contribution in [0.25, 0.3) is 50.0 Å². The second-order valence-corrected chi connectivity index (χ2v) is 22.6. The second kappa shape index (κ2) is 12.8. The number of benzene rings is 4. The molecule has 0 bridgehead atoms. The quantitative estimate of drug-likeness (QED) is 0.181. The lowest BCUT2D eigenvalue weighted by Crippen LogP contribution is -2.54. The lowest BCUT2D eigenvalue weighted by Gasteiger charge is -2.29. The lowest BCUT2D eigenvalue weighted by molar-refractivity contribution is 0.473. The smallest absolute Gasteiger partial charge is 0.146 e. The lowest BCUT2D eigenvalue weighted by atomic mass is 9.81. The molecule has 0 saturated carbocycles. The average molecular weight is 716 g/mol. The van der Waals surface area contributed by atoms with Gasteiger partial charge in [-0.3, -0.25) is 9.55 Å². The van der Waals surface area contributed by atoms with Crippen molar-refractivity contribution in [3.05, 3.63) is 132 Å². The van der Waals surface area contributed by atoms with Gasteiger partial charge in [0.25, 0.3) is 0 Å². The highest BCUT2D eigenvalue weighted by molar-refractivity contribution is 7.00. The molecule has 0 saturated heterocycles. The third-order valence-corrected chi connectivity index (χ3v) is 14.1. The van der Waals surface area contributed by atoms with Crippen molar-refractivity contribution in [3.63, 3.8) is 0 Å². The number of fused-ring (bicyclic) bond motifs is 3. The number of phenols is 1. The van der Waals surface area contributed by atoms with Gasteiger partial charge in [-0.05, 0) is 92.6 Å². The maximum Gasteiger partial charge on any atom is 0.146 e. The number of rotatable bonds is 5. The third kappa shape index (κ3) is 6.72. The van der Waals surface area contributed by atoms with Crippen LogP contribution < -0.4 is 10.5 Å². The van der Waals surface area contributed by atoms with Crippen LogP contribution in [0.2, 0.25) is 13.1 Å². The molecule has 4 aromatic carbocycles. The van der Waals surface area contributed by atoms with Gasteiger partial charge in [0.05, 0.1) is 16.9 Å². The molecule has 3 aromatic heterocycles. The summed E-state index contributed by atoms with van der Waals surface area (Å²) in [5.41, 5.74) is 10.5. The van der Waals surface area contributed by atoms with E-state index in [9.17, 15) is 5.11 Å². The van der Waals surface area contributed by atoms with Crippen LogP contribution in [-0.2, 0) is 16.2 Å². The van der Waals surface area contributed by atoms with Gasteiger partial charge in [0.2, 0.25) is 0 Å². The Morgan fingerprint density at radius 2 is 1.26 bits per heavy atom. The molecule has 0 spiro atoms. The fourth-order valence-electron chi connectivity index (χ4n) is 7.38. The first-order valence-electron chi connectivity index (χ1n) is 18.8. The highest BCUT2D eigenvalue weighted by atomic mass is 28.3. The van der Waals surface area contributed by atoms with Crippen molar-refractivity contribution >= 4 is 40.5 Å². The molecule has 1 N–H and O–H groups in total. The highest BCUT2D eigenvalue weighted by Crippen LogP contribution is 2.42. The molecule has 0 fully saturated rings. The van der Waals surface area contributed by atoms with Crippen LogP contribution in [0.15, 0.2) is 115 Å². The van der Waals surface area contributed by atoms with E-state index in [1.54, 1.807) is 6.07 Å². The Hall–Kier alpha value is -5.00. The zero-order valence-electron chi connectivity index (χ0n) is 33.3. The summed E-state index contributed by atoms with van der Waals surface area (Å²) in [7, 11) is -2.31. The van der Waals surface area contributed by atoms with Crippen LogP contribution in [0.5, 0.6) is 5.75 Å².